The molecule has 0 saturated heterocycles. The fraction of sp³-hybridized carbons (Fsp3) is 0.391. The molecular weight excluding hydrogens is 368 g/mol. The number of hydrogen-bond donors (Lipinski definition) is 1. The van der Waals surface area contributed by atoms with Gasteiger partial charge in [0.25, 0.3) is 0 Å². The predicted octanol–water partition coefficient (Wildman–Crippen LogP) is 4.09. The fourth-order valence-corrected chi connectivity index (χ4v) is 3.12. The van der Waals surface area contributed by atoms with E-state index in [2.05, 4.69) is 26.1 Å². The Kier molecular flexibility index (Phi) is 6.11. The number of amides is 2. The summed E-state index contributed by atoms with van der Waals surface area (Å²) in [7, 11) is 0. The molecule has 1 aliphatic rings. The first-order chi connectivity index (χ1) is 13.7. The second kappa shape index (κ2) is 8.55. The van der Waals surface area contributed by atoms with Gasteiger partial charge in [0, 0.05) is 32.1 Å². The summed E-state index contributed by atoms with van der Waals surface area (Å²) in [5, 5.41) is 2.90. The molecule has 6 heteroatoms. The van der Waals surface area contributed by atoms with E-state index >= 15 is 0 Å². The first kappa shape index (κ1) is 20.7. The third-order valence-corrected chi connectivity index (χ3v) is 4.90. The zero-order valence-corrected chi connectivity index (χ0v) is 17.5. The average molecular weight is 396 g/mol. The molecule has 0 bridgehead atoms. The maximum atomic E-state index is 12.3. The SMILES string of the molecule is CC(=O)N(CCC(=O)Nc1ccc(C(C)(C)C)cc1)Cc1ccc2c(c1)OCO2. The van der Waals surface area contributed by atoms with Gasteiger partial charge in [-0.3, -0.25) is 9.59 Å². The first-order valence-electron chi connectivity index (χ1n) is 9.77. The van der Waals surface area contributed by atoms with Crippen molar-refractivity contribution in [2.45, 2.75) is 46.1 Å². The molecule has 1 aliphatic heterocycles. The molecule has 0 spiro atoms. The van der Waals surface area contributed by atoms with Crippen LogP contribution in [0.25, 0.3) is 0 Å². The van der Waals surface area contributed by atoms with Crippen LogP contribution < -0.4 is 14.8 Å². The number of ether oxygens (including phenoxy) is 2. The van der Waals surface area contributed by atoms with Gasteiger partial charge in [-0.25, -0.2) is 0 Å². The van der Waals surface area contributed by atoms with E-state index in [1.807, 2.05) is 42.5 Å². The Morgan fingerprint density at radius 2 is 1.72 bits per heavy atom. The van der Waals surface area contributed by atoms with Gasteiger partial charge in [0.2, 0.25) is 18.6 Å². The van der Waals surface area contributed by atoms with Crippen LogP contribution in [-0.4, -0.2) is 30.1 Å². The lowest BCUT2D eigenvalue weighted by Crippen LogP contribution is -2.31. The van der Waals surface area contributed by atoms with Gasteiger partial charge in [-0.05, 0) is 40.8 Å². The van der Waals surface area contributed by atoms with Gasteiger partial charge < -0.3 is 19.7 Å². The van der Waals surface area contributed by atoms with Crippen molar-refractivity contribution in [1.29, 1.82) is 0 Å². The van der Waals surface area contributed by atoms with Crippen molar-refractivity contribution in [2.75, 3.05) is 18.7 Å². The molecule has 29 heavy (non-hydrogen) atoms. The van der Waals surface area contributed by atoms with Crippen molar-refractivity contribution in [1.82, 2.24) is 4.90 Å². The Hall–Kier alpha value is -3.02. The number of nitrogens with one attached hydrogen (secondary N) is 1. The summed E-state index contributed by atoms with van der Waals surface area (Å²) in [4.78, 5) is 26.0. The summed E-state index contributed by atoms with van der Waals surface area (Å²) >= 11 is 0. The van der Waals surface area contributed by atoms with Gasteiger partial charge in [0.15, 0.2) is 11.5 Å². The van der Waals surface area contributed by atoms with Crippen LogP contribution in [0.4, 0.5) is 5.69 Å². The monoisotopic (exact) mass is 396 g/mol. The van der Waals surface area contributed by atoms with Crippen LogP contribution in [-0.2, 0) is 21.5 Å². The molecule has 6 nitrogen and oxygen atoms in total. The maximum absolute atomic E-state index is 12.3. The topological polar surface area (TPSA) is 67.9 Å². The molecular formula is C23H28N2O4. The number of hydrogen-bond acceptors (Lipinski definition) is 4. The van der Waals surface area contributed by atoms with E-state index in [1.165, 1.54) is 12.5 Å². The normalized spacial score (nSPS) is 12.6. The van der Waals surface area contributed by atoms with Crippen LogP contribution in [0.1, 0.15) is 45.2 Å². The van der Waals surface area contributed by atoms with Gasteiger partial charge in [0.1, 0.15) is 0 Å². The van der Waals surface area contributed by atoms with Crippen molar-refractivity contribution in [3.8, 4) is 11.5 Å². The van der Waals surface area contributed by atoms with E-state index in [0.29, 0.717) is 24.6 Å². The summed E-state index contributed by atoms with van der Waals surface area (Å²) in [5.41, 5.74) is 2.97. The third kappa shape index (κ3) is 5.50. The van der Waals surface area contributed by atoms with Crippen LogP contribution in [0.15, 0.2) is 42.5 Å². The van der Waals surface area contributed by atoms with Crippen LogP contribution in [0.3, 0.4) is 0 Å². The van der Waals surface area contributed by atoms with Crippen molar-refractivity contribution in [3.05, 3.63) is 53.6 Å². The van der Waals surface area contributed by atoms with Crippen molar-refractivity contribution in [2.24, 2.45) is 0 Å². The van der Waals surface area contributed by atoms with E-state index < -0.39 is 0 Å². The standard InChI is InChI=1S/C23H28N2O4/c1-16(26)25(14-17-5-10-20-21(13-17)29-15-28-20)12-11-22(27)24-19-8-6-18(7-9-19)23(2,3)4/h5-10,13H,11-12,14-15H2,1-4H3,(H,24,27). The quantitative estimate of drug-likeness (QED) is 0.799. The van der Waals surface area contributed by atoms with Crippen LogP contribution in [0, 0.1) is 0 Å². The minimum Gasteiger partial charge on any atom is -0.454 e. The zero-order valence-electron chi connectivity index (χ0n) is 17.5. The Bertz CT molecular complexity index is 885. The Morgan fingerprint density at radius 3 is 2.38 bits per heavy atom. The second-order valence-corrected chi connectivity index (χ2v) is 8.25. The van der Waals surface area contributed by atoms with E-state index in [1.54, 1.807) is 4.90 Å². The highest BCUT2D eigenvalue weighted by Crippen LogP contribution is 2.32. The zero-order chi connectivity index (χ0) is 21.0. The van der Waals surface area contributed by atoms with Gasteiger partial charge in [-0.15, -0.1) is 0 Å². The summed E-state index contributed by atoms with van der Waals surface area (Å²) in [6, 6.07) is 13.5. The summed E-state index contributed by atoms with van der Waals surface area (Å²) in [5.74, 6) is 1.19. The third-order valence-electron chi connectivity index (χ3n) is 4.90. The van der Waals surface area contributed by atoms with E-state index in [0.717, 1.165) is 11.3 Å². The predicted molar refractivity (Wildman–Crippen MR) is 112 cm³/mol. The molecule has 0 unspecified atom stereocenters. The molecule has 3 rings (SSSR count). The molecule has 0 aromatic heterocycles. The number of carbonyl (C=O) groups is 2. The summed E-state index contributed by atoms with van der Waals surface area (Å²) < 4.78 is 10.7. The molecule has 1 heterocycles. The van der Waals surface area contributed by atoms with Gasteiger partial charge >= 0.3 is 0 Å². The maximum Gasteiger partial charge on any atom is 0.231 e. The van der Waals surface area contributed by atoms with Crippen molar-refractivity contribution < 1.29 is 19.1 Å². The van der Waals surface area contributed by atoms with Crippen LogP contribution in [0.2, 0.25) is 0 Å². The number of nitrogens with zero attached hydrogens (tertiary/aromatic N) is 1. The molecule has 1 N–H and O–H groups in total. The first-order valence-corrected chi connectivity index (χ1v) is 9.77. The number of anilines is 1. The van der Waals surface area contributed by atoms with Gasteiger partial charge in [-0.1, -0.05) is 39.0 Å². The molecule has 154 valence electrons. The molecule has 0 atom stereocenters. The van der Waals surface area contributed by atoms with Gasteiger partial charge in [0.05, 0.1) is 0 Å². The highest BCUT2D eigenvalue weighted by molar-refractivity contribution is 5.91. The minimum absolute atomic E-state index is 0.0687. The lowest BCUT2D eigenvalue weighted by atomic mass is 9.87. The fourth-order valence-electron chi connectivity index (χ4n) is 3.12. The summed E-state index contributed by atoms with van der Waals surface area (Å²) in [6.45, 7) is 8.93. The molecule has 0 saturated carbocycles. The molecule has 0 fully saturated rings. The van der Waals surface area contributed by atoms with Crippen molar-refractivity contribution >= 4 is 17.5 Å². The van der Waals surface area contributed by atoms with Gasteiger partial charge in [-0.2, -0.15) is 0 Å². The highest BCUT2D eigenvalue weighted by Gasteiger charge is 2.17. The molecule has 0 radical (unpaired) electrons. The largest absolute Gasteiger partial charge is 0.454 e. The van der Waals surface area contributed by atoms with Crippen LogP contribution >= 0.6 is 0 Å². The minimum atomic E-state index is -0.120. The number of rotatable bonds is 6. The van der Waals surface area contributed by atoms with E-state index in [-0.39, 0.29) is 30.4 Å². The van der Waals surface area contributed by atoms with Crippen molar-refractivity contribution in [3.63, 3.8) is 0 Å². The lowest BCUT2D eigenvalue weighted by Gasteiger charge is -2.21. The molecule has 0 aliphatic carbocycles. The highest BCUT2D eigenvalue weighted by atomic mass is 16.7. The Balaban J connectivity index is 1.54. The number of benzene rings is 2. The van der Waals surface area contributed by atoms with E-state index in [9.17, 15) is 9.59 Å². The average Bonchev–Trinajstić information content (AvgIpc) is 3.12. The smallest absolute Gasteiger partial charge is 0.231 e. The molecule has 2 amide bonds. The summed E-state index contributed by atoms with van der Waals surface area (Å²) in [6.07, 6.45) is 0.227. The van der Waals surface area contributed by atoms with Crippen LogP contribution in [0.5, 0.6) is 11.5 Å². The lowest BCUT2D eigenvalue weighted by molar-refractivity contribution is -0.129. The number of fused-ring (bicyclic) bond motifs is 1. The Labute approximate surface area is 171 Å². The van der Waals surface area contributed by atoms with E-state index in [4.69, 9.17) is 9.47 Å². The number of carbonyl (C=O) groups excluding carboxylic acids is 2. The molecule has 2 aromatic rings. The Morgan fingerprint density at radius 1 is 1.03 bits per heavy atom. The second-order valence-electron chi connectivity index (χ2n) is 8.25. The molecule has 2 aromatic carbocycles.